The third kappa shape index (κ3) is 3.65. The van der Waals surface area contributed by atoms with E-state index < -0.39 is 12.0 Å². The van der Waals surface area contributed by atoms with Gasteiger partial charge in [-0.05, 0) is 36.8 Å². The van der Waals surface area contributed by atoms with Gasteiger partial charge < -0.3 is 10.5 Å². The van der Waals surface area contributed by atoms with Crippen LogP contribution < -0.4 is 5.73 Å². The van der Waals surface area contributed by atoms with E-state index in [0.29, 0.717) is 13.0 Å². The molecular weight excluding hydrogens is 277 g/mol. The van der Waals surface area contributed by atoms with Crippen LogP contribution in [0.4, 0.5) is 4.39 Å². The maximum atomic E-state index is 13.2. The molecular formula is C15H16FNO2S. The molecule has 1 heterocycles. The molecule has 0 saturated carbocycles. The summed E-state index contributed by atoms with van der Waals surface area (Å²) < 4.78 is 18.1. The van der Waals surface area contributed by atoms with Gasteiger partial charge in [-0.1, -0.05) is 12.1 Å². The van der Waals surface area contributed by atoms with Crippen LogP contribution >= 0.6 is 11.3 Å². The van der Waals surface area contributed by atoms with Crippen LogP contribution in [-0.2, 0) is 16.0 Å². The molecule has 0 aliphatic heterocycles. The van der Waals surface area contributed by atoms with E-state index in [0.717, 1.165) is 15.3 Å². The standard InChI is InChI=1S/C15H16FNO2S/c1-2-19-15(18)13(17)9-12-6-7-14(20-12)10-4-3-5-11(16)8-10/h3-8,13H,2,9,17H2,1H3. The summed E-state index contributed by atoms with van der Waals surface area (Å²) in [6.45, 7) is 2.07. The summed E-state index contributed by atoms with van der Waals surface area (Å²) in [6, 6.07) is 9.58. The molecule has 0 saturated heterocycles. The average molecular weight is 293 g/mol. The fourth-order valence-corrected chi connectivity index (χ4v) is 2.90. The highest BCUT2D eigenvalue weighted by Crippen LogP contribution is 2.29. The SMILES string of the molecule is CCOC(=O)C(N)Cc1ccc(-c2cccc(F)c2)s1. The lowest BCUT2D eigenvalue weighted by Crippen LogP contribution is -2.34. The molecule has 0 amide bonds. The Kier molecular flexibility index (Phi) is 4.87. The molecule has 1 aromatic heterocycles. The van der Waals surface area contributed by atoms with E-state index >= 15 is 0 Å². The minimum Gasteiger partial charge on any atom is -0.465 e. The molecule has 1 unspecified atom stereocenters. The van der Waals surface area contributed by atoms with Crippen LogP contribution in [-0.4, -0.2) is 18.6 Å². The predicted octanol–water partition coefficient (Wildman–Crippen LogP) is 2.99. The number of ether oxygens (including phenoxy) is 1. The Morgan fingerprint density at radius 3 is 2.90 bits per heavy atom. The van der Waals surface area contributed by atoms with Crippen molar-refractivity contribution in [2.24, 2.45) is 5.73 Å². The molecule has 0 aliphatic rings. The summed E-state index contributed by atoms with van der Waals surface area (Å²) in [4.78, 5) is 13.4. The van der Waals surface area contributed by atoms with Gasteiger partial charge in [-0.2, -0.15) is 0 Å². The number of halogens is 1. The second-order valence-corrected chi connectivity index (χ2v) is 5.51. The van der Waals surface area contributed by atoms with Crippen molar-refractivity contribution in [1.29, 1.82) is 0 Å². The first-order valence-corrected chi connectivity index (χ1v) is 7.18. The zero-order valence-electron chi connectivity index (χ0n) is 11.1. The molecule has 0 aliphatic carbocycles. The Balaban J connectivity index is 2.08. The smallest absolute Gasteiger partial charge is 0.323 e. The summed E-state index contributed by atoms with van der Waals surface area (Å²) in [7, 11) is 0. The quantitative estimate of drug-likeness (QED) is 0.862. The van der Waals surface area contributed by atoms with Gasteiger partial charge in [-0.15, -0.1) is 11.3 Å². The highest BCUT2D eigenvalue weighted by Gasteiger charge is 2.16. The maximum Gasteiger partial charge on any atom is 0.323 e. The van der Waals surface area contributed by atoms with E-state index in [1.807, 2.05) is 18.2 Å². The van der Waals surface area contributed by atoms with Crippen molar-refractivity contribution in [3.63, 3.8) is 0 Å². The largest absolute Gasteiger partial charge is 0.465 e. The monoisotopic (exact) mass is 293 g/mol. The van der Waals surface area contributed by atoms with Crippen LogP contribution in [0, 0.1) is 5.82 Å². The molecule has 1 atom stereocenters. The number of benzene rings is 1. The van der Waals surface area contributed by atoms with Crippen molar-refractivity contribution in [2.45, 2.75) is 19.4 Å². The van der Waals surface area contributed by atoms with Crippen molar-refractivity contribution in [2.75, 3.05) is 6.61 Å². The summed E-state index contributed by atoms with van der Waals surface area (Å²) in [5.74, 6) is -0.658. The van der Waals surface area contributed by atoms with Gasteiger partial charge in [0.15, 0.2) is 0 Å². The van der Waals surface area contributed by atoms with Gasteiger partial charge in [-0.3, -0.25) is 4.79 Å². The maximum absolute atomic E-state index is 13.2. The number of carbonyl (C=O) groups excluding carboxylic acids is 1. The van der Waals surface area contributed by atoms with Crippen LogP contribution in [0.25, 0.3) is 10.4 Å². The van der Waals surface area contributed by atoms with Gasteiger partial charge >= 0.3 is 5.97 Å². The van der Waals surface area contributed by atoms with Crippen molar-refractivity contribution in [1.82, 2.24) is 0 Å². The zero-order valence-corrected chi connectivity index (χ0v) is 12.0. The van der Waals surface area contributed by atoms with Crippen LogP contribution in [0.2, 0.25) is 0 Å². The second-order valence-electron chi connectivity index (χ2n) is 4.34. The minimum absolute atomic E-state index is 0.263. The number of hydrogen-bond donors (Lipinski definition) is 1. The second kappa shape index (κ2) is 6.63. The molecule has 2 rings (SSSR count). The normalized spacial score (nSPS) is 12.2. The number of nitrogens with two attached hydrogens (primary N) is 1. The summed E-state index contributed by atoms with van der Waals surface area (Å²) in [6.07, 6.45) is 0.429. The van der Waals surface area contributed by atoms with Crippen LogP contribution in [0.3, 0.4) is 0 Å². The number of hydrogen-bond acceptors (Lipinski definition) is 4. The Morgan fingerprint density at radius 1 is 1.40 bits per heavy atom. The molecule has 0 radical (unpaired) electrons. The third-order valence-electron chi connectivity index (χ3n) is 2.78. The fraction of sp³-hybridized carbons (Fsp3) is 0.267. The molecule has 1 aromatic carbocycles. The van der Waals surface area contributed by atoms with E-state index in [1.54, 1.807) is 13.0 Å². The first kappa shape index (κ1) is 14.7. The lowest BCUT2D eigenvalue weighted by Gasteiger charge is -2.08. The van der Waals surface area contributed by atoms with Gasteiger partial charge in [0, 0.05) is 16.2 Å². The van der Waals surface area contributed by atoms with E-state index in [-0.39, 0.29) is 5.82 Å². The Hall–Kier alpha value is -1.72. The number of rotatable bonds is 5. The minimum atomic E-state index is -0.658. The number of esters is 1. The van der Waals surface area contributed by atoms with Crippen LogP contribution in [0.1, 0.15) is 11.8 Å². The molecule has 2 N–H and O–H groups in total. The fourth-order valence-electron chi connectivity index (χ4n) is 1.83. The first-order chi connectivity index (χ1) is 9.60. The van der Waals surface area contributed by atoms with Gasteiger partial charge in [-0.25, -0.2) is 4.39 Å². The Morgan fingerprint density at radius 2 is 2.20 bits per heavy atom. The van der Waals surface area contributed by atoms with Crippen LogP contribution in [0.15, 0.2) is 36.4 Å². The summed E-state index contributed by atoms with van der Waals surface area (Å²) in [5, 5.41) is 0. The van der Waals surface area contributed by atoms with E-state index in [1.165, 1.54) is 23.5 Å². The Bertz CT molecular complexity index is 597. The predicted molar refractivity (Wildman–Crippen MR) is 78.0 cm³/mol. The highest BCUT2D eigenvalue weighted by atomic mass is 32.1. The molecule has 20 heavy (non-hydrogen) atoms. The molecule has 5 heteroatoms. The van der Waals surface area contributed by atoms with Crippen LogP contribution in [0.5, 0.6) is 0 Å². The molecule has 0 bridgehead atoms. The summed E-state index contributed by atoms with van der Waals surface area (Å²) in [5.41, 5.74) is 6.60. The molecule has 3 nitrogen and oxygen atoms in total. The number of thiophene rings is 1. The topological polar surface area (TPSA) is 52.3 Å². The number of carbonyl (C=O) groups is 1. The lowest BCUT2D eigenvalue weighted by molar-refractivity contribution is -0.144. The lowest BCUT2D eigenvalue weighted by atomic mass is 10.1. The van der Waals surface area contributed by atoms with Gasteiger partial charge in [0.25, 0.3) is 0 Å². The van der Waals surface area contributed by atoms with Gasteiger partial charge in [0.2, 0.25) is 0 Å². The third-order valence-corrected chi connectivity index (χ3v) is 3.94. The average Bonchev–Trinajstić information content (AvgIpc) is 2.87. The first-order valence-electron chi connectivity index (χ1n) is 6.37. The van der Waals surface area contributed by atoms with Crippen molar-refractivity contribution < 1.29 is 13.9 Å². The molecule has 106 valence electrons. The van der Waals surface area contributed by atoms with E-state index in [2.05, 4.69) is 0 Å². The van der Waals surface area contributed by atoms with Gasteiger partial charge in [0.1, 0.15) is 11.9 Å². The zero-order chi connectivity index (χ0) is 14.5. The van der Waals surface area contributed by atoms with Crippen molar-refractivity contribution in [3.05, 3.63) is 47.1 Å². The van der Waals surface area contributed by atoms with E-state index in [9.17, 15) is 9.18 Å². The Labute approximate surface area is 121 Å². The molecule has 2 aromatic rings. The van der Waals surface area contributed by atoms with Crippen molar-refractivity contribution >= 4 is 17.3 Å². The molecule has 0 fully saturated rings. The van der Waals surface area contributed by atoms with Crippen molar-refractivity contribution in [3.8, 4) is 10.4 Å². The van der Waals surface area contributed by atoms with Gasteiger partial charge in [0.05, 0.1) is 6.61 Å². The highest BCUT2D eigenvalue weighted by molar-refractivity contribution is 7.15. The van der Waals surface area contributed by atoms with E-state index in [4.69, 9.17) is 10.5 Å². The summed E-state index contributed by atoms with van der Waals surface area (Å²) >= 11 is 1.50. The molecule has 0 spiro atoms.